The van der Waals surface area contributed by atoms with E-state index in [1.165, 1.54) is 0 Å². The molecule has 12 saturated carbocycles. The first-order valence-electron chi connectivity index (χ1n) is 23.0. The van der Waals surface area contributed by atoms with Gasteiger partial charge < -0.3 is 37.9 Å². The number of esters is 2. The summed E-state index contributed by atoms with van der Waals surface area (Å²) < 4.78 is 48.9. The minimum Gasteiger partial charge on any atom is -0.464 e. The lowest BCUT2D eigenvalue weighted by Crippen LogP contribution is -2.63. The second-order valence-electron chi connectivity index (χ2n) is 22.9. The van der Waals surface area contributed by atoms with Crippen molar-refractivity contribution in [3.63, 3.8) is 0 Å². The molecule has 4 unspecified atom stereocenters. The van der Waals surface area contributed by atoms with Crippen LogP contribution in [0, 0.1) is 57.2 Å². The number of carbonyl (C=O) groups is 4. The normalized spacial score (nSPS) is 47.4. The third-order valence-electron chi connectivity index (χ3n) is 18.2. The van der Waals surface area contributed by atoms with Crippen molar-refractivity contribution in [3.05, 3.63) is 0 Å². The Bertz CT molecular complexity index is 1550. The van der Waals surface area contributed by atoms with Crippen molar-refractivity contribution in [2.45, 2.75) is 165 Å². The van der Waals surface area contributed by atoms with Crippen LogP contribution >= 0.6 is 0 Å². The van der Waals surface area contributed by atoms with Gasteiger partial charge in [0.1, 0.15) is 35.6 Å². The van der Waals surface area contributed by atoms with Crippen molar-refractivity contribution in [1.29, 1.82) is 0 Å². The number of ether oxygens (including phenoxy) is 8. The molecule has 2 aliphatic heterocycles. The Morgan fingerprint density at radius 3 is 1.02 bits per heavy atom. The lowest BCUT2D eigenvalue weighted by atomic mass is 9.48. The van der Waals surface area contributed by atoms with E-state index >= 15 is 0 Å². The quantitative estimate of drug-likeness (QED) is 0.139. The van der Waals surface area contributed by atoms with Crippen molar-refractivity contribution >= 4 is 24.2 Å². The predicted molar refractivity (Wildman–Crippen MR) is 204 cm³/mol. The van der Waals surface area contributed by atoms with E-state index in [1.54, 1.807) is 0 Å². The molecular weight excluding hydrogens is 744 g/mol. The molecule has 2 saturated heterocycles. The van der Waals surface area contributed by atoms with Gasteiger partial charge in [-0.15, -0.1) is 0 Å². The largest absolute Gasteiger partial charge is 0.509 e. The van der Waals surface area contributed by atoms with Crippen LogP contribution in [0.25, 0.3) is 0 Å². The molecule has 0 amide bonds. The highest BCUT2D eigenvalue weighted by Crippen LogP contribution is 2.66. The number of hydrogen-bond donors (Lipinski definition) is 0. The molecular formula is C46H64O12. The highest BCUT2D eigenvalue weighted by Gasteiger charge is 2.67. The minimum absolute atomic E-state index is 0.0807. The molecule has 320 valence electrons. The predicted octanol–water partition coefficient (Wildman–Crippen LogP) is 8.00. The Kier molecular flexibility index (Phi) is 8.57. The summed E-state index contributed by atoms with van der Waals surface area (Å²) in [5, 5.41) is 0. The van der Waals surface area contributed by atoms with E-state index in [9.17, 15) is 19.2 Å². The van der Waals surface area contributed by atoms with E-state index in [0.29, 0.717) is 82.6 Å². The molecule has 4 atom stereocenters. The molecule has 12 aliphatic carbocycles. The van der Waals surface area contributed by atoms with Gasteiger partial charge in [0, 0.05) is 19.3 Å². The summed E-state index contributed by atoms with van der Waals surface area (Å²) in [7, 11) is 0. The Labute approximate surface area is 342 Å². The average Bonchev–Trinajstić information content (AvgIpc) is 3.08. The van der Waals surface area contributed by atoms with Crippen LogP contribution in [0.4, 0.5) is 9.59 Å². The van der Waals surface area contributed by atoms with Crippen molar-refractivity contribution in [2.75, 3.05) is 39.6 Å². The van der Waals surface area contributed by atoms with Crippen LogP contribution in [-0.4, -0.2) is 86.3 Å². The minimum atomic E-state index is -0.768. The third-order valence-corrected chi connectivity index (χ3v) is 18.2. The molecule has 0 N–H and O–H groups in total. The van der Waals surface area contributed by atoms with Crippen LogP contribution in [-0.2, 0) is 47.5 Å². The summed E-state index contributed by atoms with van der Waals surface area (Å²) in [6, 6.07) is 0. The molecule has 0 aromatic rings. The van der Waals surface area contributed by atoms with Crippen LogP contribution in [0.5, 0.6) is 0 Å². The maximum atomic E-state index is 14.0. The summed E-state index contributed by atoms with van der Waals surface area (Å²) in [6.07, 6.45) is 14.3. The van der Waals surface area contributed by atoms with E-state index in [2.05, 4.69) is 13.8 Å². The fourth-order valence-corrected chi connectivity index (χ4v) is 16.5. The lowest BCUT2D eigenvalue weighted by Gasteiger charge is -2.61. The zero-order chi connectivity index (χ0) is 39.8. The van der Waals surface area contributed by atoms with Gasteiger partial charge in [-0.1, -0.05) is 13.8 Å². The molecule has 2 heterocycles. The second-order valence-corrected chi connectivity index (χ2v) is 22.9. The Hall–Kier alpha value is -2.60. The second kappa shape index (κ2) is 13.0. The van der Waals surface area contributed by atoms with Gasteiger partial charge in [0.25, 0.3) is 0 Å². The van der Waals surface area contributed by atoms with Crippen LogP contribution in [0.1, 0.15) is 142 Å². The SMILES string of the molecule is CCC1(COC(=O)C23CC4CC(CC(OC(=O)OC56CC7CC(C5)CC(OC(=O)OC58CC9CC(C5)CC(C(=O)OCC5(CC)COC5)(C9)C8)(C7)C6)(C4)C2)C3)COC1. The molecule has 0 aromatic carbocycles. The zero-order valence-electron chi connectivity index (χ0n) is 34.7. The van der Waals surface area contributed by atoms with Gasteiger partial charge in [-0.3, -0.25) is 9.59 Å². The molecule has 0 spiro atoms. The molecule has 14 fully saturated rings. The van der Waals surface area contributed by atoms with E-state index in [-0.39, 0.29) is 34.6 Å². The van der Waals surface area contributed by atoms with Gasteiger partial charge in [0.15, 0.2) is 0 Å². The monoisotopic (exact) mass is 808 g/mol. The summed E-state index contributed by atoms with van der Waals surface area (Å²) in [4.78, 5) is 55.8. The molecule has 12 bridgehead atoms. The Morgan fingerprint density at radius 2 is 0.741 bits per heavy atom. The number of hydrogen-bond acceptors (Lipinski definition) is 12. The summed E-state index contributed by atoms with van der Waals surface area (Å²) in [5.41, 5.74) is -4.40. The first kappa shape index (κ1) is 38.3. The molecule has 58 heavy (non-hydrogen) atoms. The van der Waals surface area contributed by atoms with E-state index in [1.807, 2.05) is 0 Å². The molecule has 12 heteroatoms. The van der Waals surface area contributed by atoms with Crippen molar-refractivity contribution in [2.24, 2.45) is 57.2 Å². The Morgan fingerprint density at radius 1 is 0.448 bits per heavy atom. The fraction of sp³-hybridized carbons (Fsp3) is 0.913. The van der Waals surface area contributed by atoms with Crippen molar-refractivity contribution < 1.29 is 57.1 Å². The van der Waals surface area contributed by atoms with E-state index in [0.717, 1.165) is 109 Å². The smallest absolute Gasteiger partial charge is 0.464 e. The highest BCUT2D eigenvalue weighted by molar-refractivity contribution is 5.79. The van der Waals surface area contributed by atoms with Gasteiger partial charge in [-0.2, -0.15) is 0 Å². The first-order valence-corrected chi connectivity index (χ1v) is 23.0. The standard InChI is InChI=1S/C46H64O12/c1-3-39(23-51-24-39)27-53-35(47)41-8-29-5-30(9-41)13-43(12-29,20-41)55-37(49)57-45-16-33-7-34(17-45)19-46(18-33,22-45)58-38(50)56-44-14-31-6-32(15-44)11-42(10-31,21-44)36(48)54-28-40(4-2)25-52-26-40/h29-34H,3-28H2,1-2H3. The molecule has 0 aromatic heterocycles. The van der Waals surface area contributed by atoms with Gasteiger partial charge in [0.2, 0.25) is 0 Å². The van der Waals surface area contributed by atoms with Gasteiger partial charge >= 0.3 is 24.2 Å². The number of rotatable bonds is 12. The first-order chi connectivity index (χ1) is 27.7. The van der Waals surface area contributed by atoms with Crippen LogP contribution in [0.3, 0.4) is 0 Å². The van der Waals surface area contributed by atoms with Crippen LogP contribution in [0.15, 0.2) is 0 Å². The van der Waals surface area contributed by atoms with E-state index in [4.69, 9.17) is 37.9 Å². The van der Waals surface area contributed by atoms with Gasteiger partial charge in [0.05, 0.1) is 48.1 Å². The fourth-order valence-electron chi connectivity index (χ4n) is 16.5. The maximum Gasteiger partial charge on any atom is 0.509 e. The molecule has 14 aliphatic rings. The van der Waals surface area contributed by atoms with Crippen molar-refractivity contribution in [3.8, 4) is 0 Å². The molecule has 12 nitrogen and oxygen atoms in total. The zero-order valence-corrected chi connectivity index (χ0v) is 34.7. The van der Waals surface area contributed by atoms with Crippen LogP contribution < -0.4 is 0 Å². The van der Waals surface area contributed by atoms with Crippen molar-refractivity contribution in [1.82, 2.24) is 0 Å². The molecule has 14 rings (SSSR count). The Balaban J connectivity index is 0.747. The highest BCUT2D eigenvalue weighted by atomic mass is 16.8. The lowest BCUT2D eigenvalue weighted by molar-refractivity contribution is -0.238. The van der Waals surface area contributed by atoms with E-state index < -0.39 is 45.5 Å². The maximum absolute atomic E-state index is 14.0. The summed E-state index contributed by atoms with van der Waals surface area (Å²) in [5.74, 6) is 1.56. The topological polar surface area (TPSA) is 142 Å². The third kappa shape index (κ3) is 6.23. The van der Waals surface area contributed by atoms with Gasteiger partial charge in [-0.25, -0.2) is 9.59 Å². The van der Waals surface area contributed by atoms with Gasteiger partial charge in [-0.05, 0) is 145 Å². The summed E-state index contributed by atoms with van der Waals surface area (Å²) >= 11 is 0. The molecule has 0 radical (unpaired) electrons. The van der Waals surface area contributed by atoms with Crippen LogP contribution in [0.2, 0.25) is 0 Å². The average molecular weight is 809 g/mol. The number of carbonyl (C=O) groups excluding carboxylic acids is 4. The summed E-state index contributed by atoms with van der Waals surface area (Å²) in [6.45, 7) is 7.50.